The topological polar surface area (TPSA) is 35.5 Å². The average molecular weight is 472 g/mol. The molecule has 0 saturated carbocycles. The molecule has 0 aliphatic rings. The van der Waals surface area contributed by atoms with E-state index in [1.165, 1.54) is 0 Å². The number of hydrogen-bond donors (Lipinski definition) is 0. The van der Waals surface area contributed by atoms with E-state index < -0.39 is 0 Å². The first-order chi connectivity index (χ1) is 14.0. The Morgan fingerprint density at radius 1 is 1.07 bits per heavy atom. The van der Waals surface area contributed by atoms with Crippen molar-refractivity contribution in [3.8, 4) is 11.5 Å². The molecular formula is C24H20BrClO3. The van der Waals surface area contributed by atoms with Gasteiger partial charge in [-0.05, 0) is 66.6 Å². The van der Waals surface area contributed by atoms with Gasteiger partial charge in [0, 0.05) is 20.6 Å². The number of carbonyl (C=O) groups excluding carboxylic acids is 1. The molecule has 0 spiro atoms. The van der Waals surface area contributed by atoms with E-state index in [9.17, 15) is 4.79 Å². The number of hydrogen-bond acceptors (Lipinski definition) is 3. The Hall–Kier alpha value is -2.56. The minimum atomic E-state index is -0.0586. The van der Waals surface area contributed by atoms with Crippen molar-refractivity contribution in [2.24, 2.45) is 0 Å². The number of benzene rings is 3. The molecule has 0 bridgehead atoms. The quantitative estimate of drug-likeness (QED) is 0.278. The number of ketones is 1. The summed E-state index contributed by atoms with van der Waals surface area (Å²) in [5.74, 6) is 1.44. The highest BCUT2D eigenvalue weighted by molar-refractivity contribution is 9.10. The molecule has 0 aromatic heterocycles. The average Bonchev–Trinajstić information content (AvgIpc) is 2.71. The summed E-state index contributed by atoms with van der Waals surface area (Å²) in [6.45, 7) is 2.29. The standard InChI is InChI=1S/C24H20BrClO3/c1-16-12-21(26)8-11-23(16)29-15-19-13-17(7-10-24(19)28-2)6-9-22(27)18-4-3-5-20(25)14-18/h3-14H,15H2,1-2H3/b9-6+. The molecule has 0 aliphatic heterocycles. The molecule has 0 heterocycles. The van der Waals surface area contributed by atoms with Gasteiger partial charge in [-0.2, -0.15) is 0 Å². The molecule has 3 rings (SSSR count). The zero-order chi connectivity index (χ0) is 20.8. The summed E-state index contributed by atoms with van der Waals surface area (Å²) in [6.07, 6.45) is 3.36. The Balaban J connectivity index is 1.76. The number of carbonyl (C=O) groups is 1. The minimum absolute atomic E-state index is 0.0586. The van der Waals surface area contributed by atoms with Crippen molar-refractivity contribution in [1.82, 2.24) is 0 Å². The first-order valence-corrected chi connectivity index (χ1v) is 10.2. The molecular weight excluding hydrogens is 452 g/mol. The number of methoxy groups -OCH3 is 1. The molecule has 29 heavy (non-hydrogen) atoms. The number of ether oxygens (including phenoxy) is 2. The molecule has 3 aromatic rings. The van der Waals surface area contributed by atoms with Crippen molar-refractivity contribution < 1.29 is 14.3 Å². The summed E-state index contributed by atoms with van der Waals surface area (Å²) in [5, 5.41) is 0.676. The van der Waals surface area contributed by atoms with Crippen LogP contribution in [0.15, 0.2) is 71.2 Å². The largest absolute Gasteiger partial charge is 0.496 e. The summed E-state index contributed by atoms with van der Waals surface area (Å²) < 4.78 is 12.3. The van der Waals surface area contributed by atoms with Gasteiger partial charge in [-0.25, -0.2) is 0 Å². The van der Waals surface area contributed by atoms with Crippen molar-refractivity contribution in [1.29, 1.82) is 0 Å². The number of halogens is 2. The lowest BCUT2D eigenvalue weighted by atomic mass is 10.1. The van der Waals surface area contributed by atoms with Crippen LogP contribution in [0.4, 0.5) is 0 Å². The van der Waals surface area contributed by atoms with Crippen molar-refractivity contribution in [2.45, 2.75) is 13.5 Å². The lowest BCUT2D eigenvalue weighted by molar-refractivity contribution is 0.104. The van der Waals surface area contributed by atoms with Gasteiger partial charge in [0.15, 0.2) is 5.78 Å². The van der Waals surface area contributed by atoms with E-state index >= 15 is 0 Å². The number of rotatable bonds is 7. The van der Waals surface area contributed by atoms with Gasteiger partial charge in [0.2, 0.25) is 0 Å². The van der Waals surface area contributed by atoms with E-state index in [2.05, 4.69) is 15.9 Å². The first kappa shape index (κ1) is 21.2. The van der Waals surface area contributed by atoms with Gasteiger partial charge in [-0.15, -0.1) is 0 Å². The summed E-state index contributed by atoms with van der Waals surface area (Å²) >= 11 is 9.39. The lowest BCUT2D eigenvalue weighted by Gasteiger charge is -2.13. The Bertz CT molecular complexity index is 1060. The third kappa shape index (κ3) is 5.72. The summed E-state index contributed by atoms with van der Waals surface area (Å²) in [4.78, 5) is 12.4. The van der Waals surface area contributed by atoms with E-state index in [0.29, 0.717) is 17.2 Å². The van der Waals surface area contributed by atoms with E-state index in [4.69, 9.17) is 21.1 Å². The molecule has 0 atom stereocenters. The fraction of sp³-hybridized carbons (Fsp3) is 0.125. The molecule has 0 fully saturated rings. The molecule has 0 N–H and O–H groups in total. The summed E-state index contributed by atoms with van der Waals surface area (Å²) in [6, 6.07) is 18.6. The van der Waals surface area contributed by atoms with E-state index in [1.807, 2.05) is 49.4 Å². The fourth-order valence-corrected chi connectivity index (χ4v) is 3.48. The molecule has 0 saturated heterocycles. The Morgan fingerprint density at radius 3 is 2.59 bits per heavy atom. The second-order valence-electron chi connectivity index (χ2n) is 6.48. The van der Waals surface area contributed by atoms with Gasteiger partial charge >= 0.3 is 0 Å². The Kier molecular flexibility index (Phi) is 7.13. The summed E-state index contributed by atoms with van der Waals surface area (Å²) in [5.41, 5.74) is 3.37. The normalized spacial score (nSPS) is 10.9. The number of allylic oxidation sites excluding steroid dienone is 1. The smallest absolute Gasteiger partial charge is 0.185 e. The van der Waals surface area contributed by atoms with Crippen LogP contribution in [0, 0.1) is 6.92 Å². The van der Waals surface area contributed by atoms with Crippen LogP contribution >= 0.6 is 27.5 Å². The van der Waals surface area contributed by atoms with Crippen LogP contribution in [0.5, 0.6) is 11.5 Å². The van der Waals surface area contributed by atoms with Gasteiger partial charge in [0.1, 0.15) is 18.1 Å². The molecule has 0 aliphatic carbocycles. The lowest BCUT2D eigenvalue weighted by Crippen LogP contribution is -2.00. The molecule has 0 amide bonds. The van der Waals surface area contributed by atoms with Crippen LogP contribution < -0.4 is 9.47 Å². The van der Waals surface area contributed by atoms with Crippen molar-refractivity contribution >= 4 is 39.4 Å². The Morgan fingerprint density at radius 2 is 1.86 bits per heavy atom. The van der Waals surface area contributed by atoms with Crippen LogP contribution in [0.2, 0.25) is 5.02 Å². The van der Waals surface area contributed by atoms with Crippen LogP contribution in [0.1, 0.15) is 27.0 Å². The third-order valence-corrected chi connectivity index (χ3v) is 5.09. The van der Waals surface area contributed by atoms with Crippen LogP contribution in [-0.2, 0) is 6.61 Å². The highest BCUT2D eigenvalue weighted by Crippen LogP contribution is 2.26. The van der Waals surface area contributed by atoms with Crippen molar-refractivity contribution in [3.05, 3.63) is 98.5 Å². The third-order valence-electron chi connectivity index (χ3n) is 4.36. The highest BCUT2D eigenvalue weighted by atomic mass is 79.9. The van der Waals surface area contributed by atoms with Crippen LogP contribution in [0.25, 0.3) is 6.08 Å². The molecule has 0 unspecified atom stereocenters. The first-order valence-electron chi connectivity index (χ1n) is 9.00. The van der Waals surface area contributed by atoms with Crippen molar-refractivity contribution in [2.75, 3.05) is 7.11 Å². The summed E-state index contributed by atoms with van der Waals surface area (Å²) in [7, 11) is 1.62. The van der Waals surface area contributed by atoms with E-state index in [1.54, 1.807) is 37.5 Å². The minimum Gasteiger partial charge on any atom is -0.496 e. The van der Waals surface area contributed by atoms with E-state index in [-0.39, 0.29) is 5.78 Å². The van der Waals surface area contributed by atoms with Gasteiger partial charge < -0.3 is 9.47 Å². The second kappa shape index (κ2) is 9.77. The maximum atomic E-state index is 12.4. The van der Waals surface area contributed by atoms with Crippen LogP contribution in [-0.4, -0.2) is 12.9 Å². The zero-order valence-corrected chi connectivity index (χ0v) is 18.5. The van der Waals surface area contributed by atoms with Crippen LogP contribution in [0.3, 0.4) is 0 Å². The molecule has 0 radical (unpaired) electrons. The monoisotopic (exact) mass is 470 g/mol. The Labute approximate surface area is 184 Å². The van der Waals surface area contributed by atoms with E-state index in [0.717, 1.165) is 32.7 Å². The maximum Gasteiger partial charge on any atom is 0.185 e. The van der Waals surface area contributed by atoms with Gasteiger partial charge in [0.25, 0.3) is 0 Å². The maximum absolute atomic E-state index is 12.4. The number of aryl methyl sites for hydroxylation is 1. The van der Waals surface area contributed by atoms with Crippen molar-refractivity contribution in [3.63, 3.8) is 0 Å². The zero-order valence-electron chi connectivity index (χ0n) is 16.1. The highest BCUT2D eigenvalue weighted by Gasteiger charge is 2.08. The molecule has 148 valence electrons. The predicted molar refractivity (Wildman–Crippen MR) is 121 cm³/mol. The fourth-order valence-electron chi connectivity index (χ4n) is 2.86. The SMILES string of the molecule is COc1ccc(/C=C/C(=O)c2cccc(Br)c2)cc1COc1ccc(Cl)cc1C. The van der Waals surface area contributed by atoms with Gasteiger partial charge in [0.05, 0.1) is 7.11 Å². The predicted octanol–water partition coefficient (Wildman–Crippen LogP) is 6.89. The van der Waals surface area contributed by atoms with Gasteiger partial charge in [-0.3, -0.25) is 4.79 Å². The second-order valence-corrected chi connectivity index (χ2v) is 7.83. The molecule has 3 aromatic carbocycles. The van der Waals surface area contributed by atoms with Gasteiger partial charge in [-0.1, -0.05) is 51.8 Å². The molecule has 3 nitrogen and oxygen atoms in total. The molecule has 5 heteroatoms.